The molecule has 0 spiro atoms. The Morgan fingerprint density at radius 2 is 1.79 bits per heavy atom. The van der Waals surface area contributed by atoms with Crippen LogP contribution >= 0.6 is 0 Å². The van der Waals surface area contributed by atoms with Gasteiger partial charge in [-0.1, -0.05) is 30.3 Å². The third kappa shape index (κ3) is 5.17. The predicted octanol–water partition coefficient (Wildman–Crippen LogP) is 2.63. The molecule has 1 heterocycles. The van der Waals surface area contributed by atoms with Crippen LogP contribution < -0.4 is 14.4 Å². The van der Waals surface area contributed by atoms with E-state index in [4.69, 9.17) is 9.15 Å². The number of anilines is 1. The number of rotatable bonds is 10. The van der Waals surface area contributed by atoms with Gasteiger partial charge in [-0.25, -0.2) is 8.42 Å². The maximum absolute atomic E-state index is 13.3. The number of furan rings is 1. The van der Waals surface area contributed by atoms with Gasteiger partial charge in [0, 0.05) is 6.54 Å². The van der Waals surface area contributed by atoms with Crippen LogP contribution in [0.25, 0.3) is 0 Å². The summed E-state index contributed by atoms with van der Waals surface area (Å²) in [7, 11) is -2.42. The molecule has 0 aliphatic rings. The Labute approximate surface area is 170 Å². The third-order valence-electron chi connectivity index (χ3n) is 4.32. The van der Waals surface area contributed by atoms with Crippen LogP contribution in [-0.4, -0.2) is 39.8 Å². The zero-order valence-electron chi connectivity index (χ0n) is 16.1. The summed E-state index contributed by atoms with van der Waals surface area (Å²) >= 11 is 0. The summed E-state index contributed by atoms with van der Waals surface area (Å²) < 4.78 is 38.4. The van der Waals surface area contributed by atoms with Crippen LogP contribution in [0.3, 0.4) is 0 Å². The first-order chi connectivity index (χ1) is 14.0. The lowest BCUT2D eigenvalue weighted by molar-refractivity contribution is 0.179. The first-order valence-corrected chi connectivity index (χ1v) is 10.6. The van der Waals surface area contributed by atoms with E-state index in [0.29, 0.717) is 18.0 Å². The van der Waals surface area contributed by atoms with Gasteiger partial charge in [-0.2, -0.15) is 0 Å². The Morgan fingerprint density at radius 1 is 1.07 bits per heavy atom. The molecule has 0 aliphatic carbocycles. The average Bonchev–Trinajstić information content (AvgIpc) is 3.26. The summed E-state index contributed by atoms with van der Waals surface area (Å²) in [5.41, 5.74) is 0.365. The number of hydrogen-bond acceptors (Lipinski definition) is 6. The zero-order valence-corrected chi connectivity index (χ0v) is 16.9. The fraction of sp³-hybridized carbons (Fsp3) is 0.238. The summed E-state index contributed by atoms with van der Waals surface area (Å²) in [5.74, 6) is 1.14. The summed E-state index contributed by atoms with van der Waals surface area (Å²) in [4.78, 5) is 0.140. The lowest BCUT2D eigenvalue weighted by atomic mass is 10.2. The van der Waals surface area contributed by atoms with E-state index in [1.165, 1.54) is 23.5 Å². The molecule has 0 amide bonds. The van der Waals surface area contributed by atoms with E-state index < -0.39 is 16.1 Å². The maximum atomic E-state index is 13.3. The second-order valence-electron chi connectivity index (χ2n) is 6.39. The van der Waals surface area contributed by atoms with Gasteiger partial charge in [-0.05, 0) is 36.4 Å². The minimum absolute atomic E-state index is 0.136. The molecule has 0 saturated heterocycles. The van der Waals surface area contributed by atoms with E-state index in [0.717, 1.165) is 5.76 Å². The fourth-order valence-corrected chi connectivity index (χ4v) is 4.45. The number of ether oxygens (including phenoxy) is 1. The first kappa shape index (κ1) is 20.9. The SMILES string of the molecule is COc1ccccc1N(C[C@@H](O)CNCc1ccco1)S(=O)(=O)c1ccccc1. The molecule has 0 radical (unpaired) electrons. The Kier molecular flexibility index (Phi) is 6.92. The fourth-order valence-electron chi connectivity index (χ4n) is 2.91. The van der Waals surface area contributed by atoms with Crippen molar-refractivity contribution in [3.63, 3.8) is 0 Å². The number of hydrogen-bond donors (Lipinski definition) is 2. The predicted molar refractivity (Wildman–Crippen MR) is 110 cm³/mol. The average molecular weight is 416 g/mol. The minimum atomic E-state index is -3.90. The van der Waals surface area contributed by atoms with E-state index in [1.807, 2.05) is 6.07 Å². The summed E-state index contributed by atoms with van der Waals surface area (Å²) in [6.45, 7) is 0.490. The normalized spacial score (nSPS) is 12.5. The molecule has 1 aromatic heterocycles. The lowest BCUT2D eigenvalue weighted by Gasteiger charge is -2.28. The highest BCUT2D eigenvalue weighted by Crippen LogP contribution is 2.32. The van der Waals surface area contributed by atoms with Crippen LogP contribution in [0.4, 0.5) is 5.69 Å². The van der Waals surface area contributed by atoms with E-state index in [1.54, 1.807) is 54.8 Å². The molecule has 0 unspecified atom stereocenters. The second-order valence-corrected chi connectivity index (χ2v) is 8.25. The monoisotopic (exact) mass is 416 g/mol. The third-order valence-corrected chi connectivity index (χ3v) is 6.11. The van der Waals surface area contributed by atoms with Crippen LogP contribution in [0.15, 0.2) is 82.3 Å². The Morgan fingerprint density at radius 3 is 2.48 bits per heavy atom. The van der Waals surface area contributed by atoms with Gasteiger partial charge < -0.3 is 19.6 Å². The smallest absolute Gasteiger partial charge is 0.264 e. The highest BCUT2D eigenvalue weighted by atomic mass is 32.2. The van der Waals surface area contributed by atoms with E-state index in [-0.39, 0.29) is 18.0 Å². The van der Waals surface area contributed by atoms with Crippen molar-refractivity contribution in [3.05, 3.63) is 78.8 Å². The standard InChI is InChI=1S/C21H24N2O5S/c1-27-21-12-6-5-11-20(21)23(29(25,26)19-9-3-2-4-10-19)16-17(24)14-22-15-18-8-7-13-28-18/h2-13,17,22,24H,14-16H2,1H3/t17-/m0/s1. The maximum Gasteiger partial charge on any atom is 0.264 e. The van der Waals surface area contributed by atoms with Crippen LogP contribution in [0.2, 0.25) is 0 Å². The number of sulfonamides is 1. The molecule has 0 aliphatic heterocycles. The van der Waals surface area contributed by atoms with Crippen molar-refractivity contribution in [1.29, 1.82) is 0 Å². The molecule has 0 bridgehead atoms. The van der Waals surface area contributed by atoms with Gasteiger partial charge >= 0.3 is 0 Å². The molecule has 1 atom stereocenters. The summed E-state index contributed by atoms with van der Waals surface area (Å²) in [6, 6.07) is 18.6. The van der Waals surface area contributed by atoms with E-state index >= 15 is 0 Å². The van der Waals surface area contributed by atoms with Crippen LogP contribution in [0.5, 0.6) is 5.75 Å². The van der Waals surface area contributed by atoms with Crippen molar-refractivity contribution < 1.29 is 22.7 Å². The van der Waals surface area contributed by atoms with Gasteiger partial charge in [0.25, 0.3) is 10.0 Å². The highest BCUT2D eigenvalue weighted by Gasteiger charge is 2.29. The molecule has 8 heteroatoms. The minimum Gasteiger partial charge on any atom is -0.495 e. The number of nitrogens with zero attached hydrogens (tertiary/aromatic N) is 1. The topological polar surface area (TPSA) is 92.0 Å². The molecule has 2 N–H and O–H groups in total. The molecule has 29 heavy (non-hydrogen) atoms. The lowest BCUT2D eigenvalue weighted by Crippen LogP contribution is -2.41. The molecular formula is C21H24N2O5S. The van der Waals surface area contributed by atoms with Crippen molar-refractivity contribution in [1.82, 2.24) is 5.32 Å². The van der Waals surface area contributed by atoms with Crippen molar-refractivity contribution >= 4 is 15.7 Å². The Balaban J connectivity index is 1.83. The largest absolute Gasteiger partial charge is 0.495 e. The summed E-state index contributed by atoms with van der Waals surface area (Å²) in [6.07, 6.45) is 0.622. The number of para-hydroxylation sites is 2. The van der Waals surface area contributed by atoms with E-state index in [9.17, 15) is 13.5 Å². The molecule has 3 rings (SSSR count). The first-order valence-electron chi connectivity index (χ1n) is 9.14. The number of nitrogens with one attached hydrogen (secondary N) is 1. The molecule has 0 saturated carbocycles. The van der Waals surface area contributed by atoms with Crippen LogP contribution in [-0.2, 0) is 16.6 Å². The molecule has 154 valence electrons. The second kappa shape index (κ2) is 9.60. The Hall–Kier alpha value is -2.81. The number of benzene rings is 2. The molecule has 7 nitrogen and oxygen atoms in total. The molecular weight excluding hydrogens is 392 g/mol. The number of methoxy groups -OCH3 is 1. The number of aliphatic hydroxyl groups is 1. The van der Waals surface area contributed by atoms with Gasteiger partial charge in [0.05, 0.1) is 43.1 Å². The van der Waals surface area contributed by atoms with Gasteiger partial charge in [-0.15, -0.1) is 0 Å². The molecule has 2 aromatic carbocycles. The van der Waals surface area contributed by atoms with E-state index in [2.05, 4.69) is 5.32 Å². The quantitative estimate of drug-likeness (QED) is 0.528. The zero-order chi connectivity index (χ0) is 20.7. The van der Waals surface area contributed by atoms with Crippen LogP contribution in [0, 0.1) is 0 Å². The molecule has 3 aromatic rings. The number of aliphatic hydroxyl groups excluding tert-OH is 1. The van der Waals surface area contributed by atoms with Gasteiger partial charge in [0.15, 0.2) is 0 Å². The van der Waals surface area contributed by atoms with Gasteiger partial charge in [0.1, 0.15) is 11.5 Å². The van der Waals surface area contributed by atoms with Crippen molar-refractivity contribution in [2.75, 3.05) is 24.5 Å². The van der Waals surface area contributed by atoms with Crippen molar-refractivity contribution in [3.8, 4) is 5.75 Å². The highest BCUT2D eigenvalue weighted by molar-refractivity contribution is 7.92. The van der Waals surface area contributed by atoms with Gasteiger partial charge in [0.2, 0.25) is 0 Å². The Bertz CT molecular complexity index is 991. The van der Waals surface area contributed by atoms with Crippen molar-refractivity contribution in [2.45, 2.75) is 17.5 Å². The molecule has 0 fully saturated rings. The van der Waals surface area contributed by atoms with Crippen LogP contribution in [0.1, 0.15) is 5.76 Å². The van der Waals surface area contributed by atoms with Crippen molar-refractivity contribution in [2.24, 2.45) is 0 Å². The van der Waals surface area contributed by atoms with Gasteiger partial charge in [-0.3, -0.25) is 4.31 Å². The summed E-state index contributed by atoms with van der Waals surface area (Å²) in [5, 5.41) is 13.6.